The zero-order valence-electron chi connectivity index (χ0n) is 28.5. The van der Waals surface area contributed by atoms with Crippen LogP contribution < -0.4 is 0 Å². The maximum Gasteiger partial charge on any atom is 0.333 e. The lowest BCUT2D eigenvalue weighted by molar-refractivity contribution is -0.145. The van der Waals surface area contributed by atoms with Gasteiger partial charge in [0, 0.05) is 40.4 Å². The molecule has 3 aliphatic rings. The Labute approximate surface area is 274 Å². The molecule has 46 heavy (non-hydrogen) atoms. The van der Waals surface area contributed by atoms with E-state index in [2.05, 4.69) is 26.6 Å². The van der Waals surface area contributed by atoms with E-state index in [1.165, 1.54) is 14.7 Å². The van der Waals surface area contributed by atoms with Crippen molar-refractivity contribution in [2.45, 2.75) is 110 Å². The molecule has 254 valence electrons. The monoisotopic (exact) mass is 656 g/mol. The molecule has 1 aromatic carbocycles. The van der Waals surface area contributed by atoms with Crippen LogP contribution in [0.4, 0.5) is 9.59 Å². The Morgan fingerprint density at radius 2 is 1.50 bits per heavy atom. The molecule has 11 nitrogen and oxygen atoms in total. The fourth-order valence-corrected chi connectivity index (χ4v) is 7.16. The molecule has 0 N–H and O–H groups in total. The van der Waals surface area contributed by atoms with E-state index in [4.69, 9.17) is 9.47 Å². The van der Waals surface area contributed by atoms with Crippen molar-refractivity contribution in [3.63, 3.8) is 0 Å². The average Bonchev–Trinajstić information content (AvgIpc) is 3.14. The van der Waals surface area contributed by atoms with Gasteiger partial charge in [-0.05, 0) is 69.4 Å². The summed E-state index contributed by atoms with van der Waals surface area (Å²) < 4.78 is 11.5. The first kappa shape index (κ1) is 35.8. The highest BCUT2D eigenvalue weighted by Gasteiger charge is 2.53. The second-order valence-corrected chi connectivity index (χ2v) is 20.7. The average molecular weight is 657 g/mol. The molecule has 0 atom stereocenters. The van der Waals surface area contributed by atoms with Crippen LogP contribution in [-0.2, 0) is 30.5 Å². The molecule has 12 heteroatoms. The number of nitrogens with zero attached hydrogens (tertiary/aromatic N) is 4. The Morgan fingerprint density at radius 3 is 2.15 bits per heavy atom. The third-order valence-electron chi connectivity index (χ3n) is 9.53. The maximum atomic E-state index is 13.4. The normalized spacial score (nSPS) is 24.0. The van der Waals surface area contributed by atoms with Gasteiger partial charge in [0.2, 0.25) is 11.8 Å². The van der Waals surface area contributed by atoms with Crippen LogP contribution in [0.1, 0.15) is 71.3 Å². The molecule has 3 fully saturated rings. The van der Waals surface area contributed by atoms with Gasteiger partial charge in [0.1, 0.15) is 18.7 Å². The number of benzene rings is 1. The predicted molar refractivity (Wildman–Crippen MR) is 176 cm³/mol. The van der Waals surface area contributed by atoms with Gasteiger partial charge in [-0.25, -0.2) is 14.5 Å². The van der Waals surface area contributed by atoms with Crippen molar-refractivity contribution in [1.82, 2.24) is 19.6 Å². The highest BCUT2D eigenvalue weighted by Crippen LogP contribution is 2.42. The van der Waals surface area contributed by atoms with Crippen molar-refractivity contribution in [3.8, 4) is 0 Å². The summed E-state index contributed by atoms with van der Waals surface area (Å²) in [7, 11) is -1.30. The van der Waals surface area contributed by atoms with Crippen LogP contribution in [0.5, 0.6) is 0 Å². The first-order valence-electron chi connectivity index (χ1n) is 16.6. The fourth-order valence-electron chi connectivity index (χ4n) is 6.40. The van der Waals surface area contributed by atoms with Gasteiger partial charge in [0.05, 0.1) is 6.61 Å². The number of barbiturate groups is 1. The van der Waals surface area contributed by atoms with Gasteiger partial charge in [-0.15, -0.1) is 0 Å². The van der Waals surface area contributed by atoms with Crippen molar-refractivity contribution in [3.05, 3.63) is 35.9 Å². The summed E-state index contributed by atoms with van der Waals surface area (Å²) in [6.45, 7) is 14.5. The van der Waals surface area contributed by atoms with Crippen molar-refractivity contribution in [1.29, 1.82) is 0 Å². The van der Waals surface area contributed by atoms with E-state index in [1.807, 2.05) is 30.3 Å². The van der Waals surface area contributed by atoms with Crippen LogP contribution in [0.3, 0.4) is 0 Å². The number of carbonyl (C=O) groups excluding carboxylic acids is 5. The van der Waals surface area contributed by atoms with E-state index in [-0.39, 0.29) is 43.1 Å². The summed E-state index contributed by atoms with van der Waals surface area (Å²) in [4.78, 5) is 71.1. The molecule has 4 rings (SSSR count). The van der Waals surface area contributed by atoms with Gasteiger partial charge in [-0.3, -0.25) is 24.2 Å². The van der Waals surface area contributed by atoms with Gasteiger partial charge in [0.15, 0.2) is 0 Å². The lowest BCUT2D eigenvalue weighted by Gasteiger charge is -2.45. The molecule has 2 heterocycles. The van der Waals surface area contributed by atoms with Gasteiger partial charge in [-0.1, -0.05) is 56.9 Å². The first-order chi connectivity index (χ1) is 21.6. The van der Waals surface area contributed by atoms with E-state index in [9.17, 15) is 24.0 Å². The Morgan fingerprint density at radius 1 is 0.826 bits per heavy atom. The predicted octanol–water partition coefficient (Wildman–Crippen LogP) is 5.47. The molecule has 1 aromatic rings. The van der Waals surface area contributed by atoms with E-state index in [1.54, 1.807) is 18.7 Å². The third-order valence-corrected chi connectivity index (χ3v) is 11.2. The first-order valence-corrected chi connectivity index (χ1v) is 20.3. The van der Waals surface area contributed by atoms with Crippen molar-refractivity contribution >= 4 is 37.9 Å². The number of hydrogen-bond donors (Lipinski definition) is 0. The summed E-state index contributed by atoms with van der Waals surface area (Å²) in [6.07, 6.45) is 3.46. The smallest absolute Gasteiger partial charge is 0.333 e. The lowest BCUT2D eigenvalue weighted by Crippen LogP contribution is -2.59. The SMILES string of the molecule is CC1(CN2C(=O)N(COCC[Si](C)(C)C)C(=O)C2(C)C)CCC(N2C(=O)CC(=O)N(CCCCOCc3ccccc3)C2=O)CC1. The molecule has 0 bridgehead atoms. The zero-order chi connectivity index (χ0) is 33.7. The van der Waals surface area contributed by atoms with Crippen molar-refractivity contribution in [2.24, 2.45) is 5.41 Å². The molecule has 2 saturated heterocycles. The summed E-state index contributed by atoms with van der Waals surface area (Å²) in [5, 5.41) is 0. The number of imide groups is 3. The summed E-state index contributed by atoms with van der Waals surface area (Å²) in [5.41, 5.74) is -0.202. The molecule has 1 aliphatic carbocycles. The van der Waals surface area contributed by atoms with E-state index in [0.29, 0.717) is 64.9 Å². The molecule has 7 amide bonds. The minimum Gasteiger partial charge on any atom is -0.377 e. The second-order valence-electron chi connectivity index (χ2n) is 15.1. The standard InChI is InChI=1S/C34H52N4O7Si/c1-33(2)30(41)36(25-45-20-21-46(4,5)6)31(42)37(33)24-34(3)16-14-27(15-17-34)38-29(40)22-28(39)35(32(38)43)18-10-11-19-44-23-26-12-8-7-9-13-26/h7-9,12-13,27H,10-11,14-25H2,1-6H3. The molecule has 0 radical (unpaired) electrons. The molecule has 0 spiro atoms. The molecular formula is C34H52N4O7Si. The third kappa shape index (κ3) is 8.63. The number of amides is 7. The Bertz CT molecular complexity index is 1270. The number of unbranched alkanes of at least 4 members (excludes halogenated alkanes) is 1. The van der Waals surface area contributed by atoms with Gasteiger partial charge >= 0.3 is 12.1 Å². The minimum absolute atomic E-state index is 0.0457. The molecule has 0 unspecified atom stereocenters. The van der Waals surface area contributed by atoms with Crippen LogP contribution >= 0.6 is 0 Å². The fraction of sp³-hybridized carbons (Fsp3) is 0.676. The van der Waals surface area contributed by atoms with Crippen LogP contribution in [0.25, 0.3) is 0 Å². The summed E-state index contributed by atoms with van der Waals surface area (Å²) in [6, 6.07) is 9.65. The number of hydrogen-bond acceptors (Lipinski definition) is 7. The largest absolute Gasteiger partial charge is 0.377 e. The molecule has 2 aliphatic heterocycles. The van der Waals surface area contributed by atoms with E-state index >= 15 is 0 Å². The van der Waals surface area contributed by atoms with Crippen molar-refractivity contribution in [2.75, 3.05) is 33.0 Å². The number of rotatable bonds is 15. The number of urea groups is 2. The minimum atomic E-state index is -1.30. The van der Waals surface area contributed by atoms with Gasteiger partial charge in [0.25, 0.3) is 5.91 Å². The number of carbonyl (C=O) groups is 5. The quantitative estimate of drug-likeness (QED) is 0.106. The maximum absolute atomic E-state index is 13.4. The van der Waals surface area contributed by atoms with E-state index < -0.39 is 31.5 Å². The summed E-state index contributed by atoms with van der Waals surface area (Å²) in [5.74, 6) is -1.16. The van der Waals surface area contributed by atoms with Crippen molar-refractivity contribution < 1.29 is 33.4 Å². The molecule has 0 aromatic heterocycles. The Kier molecular flexibility index (Phi) is 11.5. The Balaban J connectivity index is 1.27. The van der Waals surface area contributed by atoms with Gasteiger partial charge < -0.3 is 14.4 Å². The Hall–Kier alpha value is -3.09. The van der Waals surface area contributed by atoms with Crippen LogP contribution in [0, 0.1) is 5.41 Å². The molecule has 1 saturated carbocycles. The topological polar surface area (TPSA) is 117 Å². The number of ether oxygens (including phenoxy) is 2. The van der Waals surface area contributed by atoms with Crippen LogP contribution in [0.15, 0.2) is 30.3 Å². The molecular weight excluding hydrogens is 604 g/mol. The van der Waals surface area contributed by atoms with E-state index in [0.717, 1.165) is 11.6 Å². The lowest BCUT2D eigenvalue weighted by atomic mass is 9.72. The summed E-state index contributed by atoms with van der Waals surface area (Å²) >= 11 is 0. The second kappa shape index (κ2) is 14.8. The highest BCUT2D eigenvalue weighted by molar-refractivity contribution is 6.76. The van der Waals surface area contributed by atoms with Gasteiger partial charge in [-0.2, -0.15) is 0 Å². The highest BCUT2D eigenvalue weighted by atomic mass is 28.3. The zero-order valence-corrected chi connectivity index (χ0v) is 29.5. The van der Waals surface area contributed by atoms with Crippen LogP contribution in [-0.4, -0.2) is 102 Å². The van der Waals surface area contributed by atoms with Crippen LogP contribution in [0.2, 0.25) is 25.7 Å².